The summed E-state index contributed by atoms with van der Waals surface area (Å²) < 4.78 is 0. The van der Waals surface area contributed by atoms with Gasteiger partial charge in [-0.3, -0.25) is 0 Å². The minimum atomic E-state index is 0.657. The van der Waals surface area contributed by atoms with Crippen molar-refractivity contribution in [2.45, 2.75) is 38.3 Å². The van der Waals surface area contributed by atoms with Crippen molar-refractivity contribution in [3.8, 4) is 0 Å². The number of hydrogen-bond donors (Lipinski definition) is 1. The zero-order valence-electron chi connectivity index (χ0n) is 8.92. The number of rotatable bonds is 7. The molecule has 0 saturated heterocycles. The molecular formula is C11H22N2. The van der Waals surface area contributed by atoms with E-state index in [1.54, 1.807) is 0 Å². The van der Waals surface area contributed by atoms with Crippen LogP contribution in [0, 0.1) is 0 Å². The van der Waals surface area contributed by atoms with Gasteiger partial charge in [0.2, 0.25) is 0 Å². The Kier molecular flexibility index (Phi) is 4.46. The molecule has 0 heterocycles. The van der Waals surface area contributed by atoms with Crippen molar-refractivity contribution < 1.29 is 0 Å². The standard InChI is InChI=1S/C11H22N2/c1-4-9-13(3)10(2)7-8-12-11-5-6-11/h4,10-12H,1,5-9H2,2-3H3. The Morgan fingerprint density at radius 2 is 2.31 bits per heavy atom. The third kappa shape index (κ3) is 4.44. The van der Waals surface area contributed by atoms with Crippen molar-refractivity contribution in [3.63, 3.8) is 0 Å². The summed E-state index contributed by atoms with van der Waals surface area (Å²) in [7, 11) is 2.16. The van der Waals surface area contributed by atoms with Crippen LogP contribution >= 0.6 is 0 Å². The molecule has 0 radical (unpaired) electrons. The summed E-state index contributed by atoms with van der Waals surface area (Å²) in [5, 5.41) is 3.53. The molecule has 0 amide bonds. The summed E-state index contributed by atoms with van der Waals surface area (Å²) in [5.74, 6) is 0. The minimum absolute atomic E-state index is 0.657. The first-order valence-electron chi connectivity index (χ1n) is 5.28. The van der Waals surface area contributed by atoms with Crippen molar-refractivity contribution in [3.05, 3.63) is 12.7 Å². The molecule has 13 heavy (non-hydrogen) atoms. The molecule has 0 bridgehead atoms. The molecule has 1 N–H and O–H groups in total. The van der Waals surface area contributed by atoms with Gasteiger partial charge in [-0.25, -0.2) is 0 Å². The van der Waals surface area contributed by atoms with Gasteiger partial charge >= 0.3 is 0 Å². The van der Waals surface area contributed by atoms with Crippen molar-refractivity contribution in [1.82, 2.24) is 10.2 Å². The zero-order valence-corrected chi connectivity index (χ0v) is 8.92. The lowest BCUT2D eigenvalue weighted by atomic mass is 10.2. The first-order chi connectivity index (χ1) is 6.24. The van der Waals surface area contributed by atoms with E-state index in [-0.39, 0.29) is 0 Å². The topological polar surface area (TPSA) is 15.3 Å². The van der Waals surface area contributed by atoms with E-state index in [4.69, 9.17) is 0 Å². The Bertz CT molecular complexity index is 152. The molecule has 1 aliphatic carbocycles. The highest BCUT2D eigenvalue weighted by Crippen LogP contribution is 2.18. The second kappa shape index (κ2) is 5.40. The molecule has 1 atom stereocenters. The van der Waals surface area contributed by atoms with E-state index in [0.717, 1.165) is 19.1 Å². The van der Waals surface area contributed by atoms with Crippen molar-refractivity contribution >= 4 is 0 Å². The van der Waals surface area contributed by atoms with Crippen LogP contribution in [0.3, 0.4) is 0 Å². The van der Waals surface area contributed by atoms with Gasteiger partial charge in [0, 0.05) is 18.6 Å². The molecule has 76 valence electrons. The molecule has 0 aliphatic heterocycles. The van der Waals surface area contributed by atoms with Crippen LogP contribution in [-0.4, -0.2) is 37.1 Å². The van der Waals surface area contributed by atoms with Crippen molar-refractivity contribution in [1.29, 1.82) is 0 Å². The van der Waals surface area contributed by atoms with Gasteiger partial charge in [0.1, 0.15) is 0 Å². The molecule has 1 saturated carbocycles. The number of nitrogens with zero attached hydrogens (tertiary/aromatic N) is 1. The van der Waals surface area contributed by atoms with Crippen LogP contribution in [0.15, 0.2) is 12.7 Å². The van der Waals surface area contributed by atoms with Crippen LogP contribution in [0.25, 0.3) is 0 Å². The lowest BCUT2D eigenvalue weighted by Crippen LogP contribution is -2.32. The van der Waals surface area contributed by atoms with E-state index in [2.05, 4.69) is 30.8 Å². The van der Waals surface area contributed by atoms with Gasteiger partial charge in [-0.05, 0) is 39.8 Å². The molecule has 1 fully saturated rings. The summed E-state index contributed by atoms with van der Waals surface area (Å²) in [5.41, 5.74) is 0. The van der Waals surface area contributed by atoms with Crippen LogP contribution < -0.4 is 5.32 Å². The highest BCUT2D eigenvalue weighted by Gasteiger charge is 2.20. The SMILES string of the molecule is C=CCN(C)C(C)CCNC1CC1. The molecule has 1 aliphatic rings. The van der Waals surface area contributed by atoms with Gasteiger partial charge in [-0.2, -0.15) is 0 Å². The largest absolute Gasteiger partial charge is 0.314 e. The Balaban J connectivity index is 2.00. The maximum Gasteiger partial charge on any atom is 0.0160 e. The molecule has 2 heteroatoms. The van der Waals surface area contributed by atoms with Gasteiger partial charge < -0.3 is 10.2 Å². The number of likely N-dealkylation sites (N-methyl/N-ethyl adjacent to an activating group) is 1. The lowest BCUT2D eigenvalue weighted by molar-refractivity contribution is 0.269. The summed E-state index contributed by atoms with van der Waals surface area (Å²) in [6, 6.07) is 1.50. The predicted octanol–water partition coefficient (Wildman–Crippen LogP) is 1.63. The summed E-state index contributed by atoms with van der Waals surface area (Å²) >= 11 is 0. The second-order valence-corrected chi connectivity index (χ2v) is 4.09. The Labute approximate surface area is 82.0 Å². The van der Waals surface area contributed by atoms with Crippen LogP contribution in [0.4, 0.5) is 0 Å². The Morgan fingerprint density at radius 3 is 2.85 bits per heavy atom. The van der Waals surface area contributed by atoms with Gasteiger partial charge in [0.15, 0.2) is 0 Å². The lowest BCUT2D eigenvalue weighted by Gasteiger charge is -2.23. The first kappa shape index (κ1) is 10.7. The van der Waals surface area contributed by atoms with Gasteiger partial charge in [-0.1, -0.05) is 6.08 Å². The van der Waals surface area contributed by atoms with E-state index in [1.165, 1.54) is 19.3 Å². The minimum Gasteiger partial charge on any atom is -0.314 e. The number of nitrogens with one attached hydrogen (secondary N) is 1. The molecule has 0 spiro atoms. The van der Waals surface area contributed by atoms with E-state index in [9.17, 15) is 0 Å². The van der Waals surface area contributed by atoms with Crippen LogP contribution in [-0.2, 0) is 0 Å². The van der Waals surface area contributed by atoms with E-state index >= 15 is 0 Å². The fourth-order valence-electron chi connectivity index (χ4n) is 1.39. The van der Waals surface area contributed by atoms with Crippen molar-refractivity contribution in [2.75, 3.05) is 20.1 Å². The smallest absolute Gasteiger partial charge is 0.0160 e. The summed E-state index contributed by atoms with van der Waals surface area (Å²) in [6.07, 6.45) is 5.97. The average molecular weight is 182 g/mol. The average Bonchev–Trinajstić information content (AvgIpc) is 2.88. The summed E-state index contributed by atoms with van der Waals surface area (Å²) in [4.78, 5) is 2.33. The van der Waals surface area contributed by atoms with E-state index in [1.807, 2.05) is 6.08 Å². The molecule has 1 unspecified atom stereocenters. The monoisotopic (exact) mass is 182 g/mol. The van der Waals surface area contributed by atoms with Crippen LogP contribution in [0.2, 0.25) is 0 Å². The van der Waals surface area contributed by atoms with Crippen LogP contribution in [0.1, 0.15) is 26.2 Å². The maximum atomic E-state index is 3.74. The second-order valence-electron chi connectivity index (χ2n) is 4.09. The fraction of sp³-hybridized carbons (Fsp3) is 0.818. The maximum absolute atomic E-state index is 3.74. The predicted molar refractivity (Wildman–Crippen MR) is 57.9 cm³/mol. The molecule has 1 rings (SSSR count). The first-order valence-corrected chi connectivity index (χ1v) is 5.28. The molecule has 2 nitrogen and oxygen atoms in total. The fourth-order valence-corrected chi connectivity index (χ4v) is 1.39. The Morgan fingerprint density at radius 1 is 1.62 bits per heavy atom. The van der Waals surface area contributed by atoms with Gasteiger partial charge in [-0.15, -0.1) is 6.58 Å². The highest BCUT2D eigenvalue weighted by atomic mass is 15.1. The molecular weight excluding hydrogens is 160 g/mol. The van der Waals surface area contributed by atoms with Crippen LogP contribution in [0.5, 0.6) is 0 Å². The van der Waals surface area contributed by atoms with Gasteiger partial charge in [0.05, 0.1) is 0 Å². The Hall–Kier alpha value is -0.340. The molecule has 0 aromatic heterocycles. The molecule has 0 aromatic carbocycles. The quantitative estimate of drug-likeness (QED) is 0.602. The third-order valence-electron chi connectivity index (χ3n) is 2.74. The highest BCUT2D eigenvalue weighted by molar-refractivity contribution is 4.81. The van der Waals surface area contributed by atoms with Crippen molar-refractivity contribution in [2.24, 2.45) is 0 Å². The summed E-state index contributed by atoms with van der Waals surface area (Å²) in [6.45, 7) is 8.17. The van der Waals surface area contributed by atoms with E-state index < -0.39 is 0 Å². The van der Waals surface area contributed by atoms with E-state index in [0.29, 0.717) is 6.04 Å². The van der Waals surface area contributed by atoms with Gasteiger partial charge in [0.25, 0.3) is 0 Å². The number of hydrogen-bond acceptors (Lipinski definition) is 2. The molecule has 0 aromatic rings. The zero-order chi connectivity index (χ0) is 9.68. The third-order valence-corrected chi connectivity index (χ3v) is 2.74. The normalized spacial score (nSPS) is 19.0.